The molecule has 19 nitrogen and oxygen atoms in total. The van der Waals surface area contributed by atoms with Crippen LogP contribution in [-0.2, 0) is 38.4 Å². The van der Waals surface area contributed by atoms with E-state index in [9.17, 15) is 38.4 Å². The van der Waals surface area contributed by atoms with Crippen LogP contribution >= 0.6 is 0 Å². The smallest absolute Gasteiger partial charge is 0.246 e. The number of rotatable bonds is 22. The van der Waals surface area contributed by atoms with Crippen molar-refractivity contribution in [1.29, 1.82) is 0 Å². The first-order valence-electron chi connectivity index (χ1n) is 24.9. The van der Waals surface area contributed by atoms with Gasteiger partial charge in [-0.05, 0) is 135 Å². The molecule has 0 spiro atoms. The number of nitrogens with one attached hydrogen (secondary N) is 5. The highest BCUT2D eigenvalue weighted by atomic mass is 16.2. The Labute approximate surface area is 385 Å². The van der Waals surface area contributed by atoms with Crippen LogP contribution in [0, 0.1) is 5.92 Å². The molecule has 11 N–H and O–H groups in total. The minimum atomic E-state index is -1.04. The summed E-state index contributed by atoms with van der Waals surface area (Å²) in [7, 11) is 0. The number of carbonyl (C=O) groups excluding carboxylic acids is 8. The Bertz CT molecular complexity index is 1680. The largest absolute Gasteiger partial charge is 0.358 e. The van der Waals surface area contributed by atoms with Crippen LogP contribution in [0.5, 0.6) is 0 Å². The molecular weight excluding hydrogens is 835 g/mol. The summed E-state index contributed by atoms with van der Waals surface area (Å²) < 4.78 is 0. The van der Waals surface area contributed by atoms with Crippen molar-refractivity contribution in [3.63, 3.8) is 0 Å². The van der Waals surface area contributed by atoms with Crippen LogP contribution in [0.2, 0.25) is 0 Å². The van der Waals surface area contributed by atoms with Crippen LogP contribution < -0.4 is 38.1 Å². The standard InChI is InChI=1S/C46H79N11O8/c1-29(2)28-34(53-39(58)31(4)51-41(60)35-17-10-24-54(35)45(64)37-19-12-26-56(37)43(62)33-16-9-23-49-33)44(63)57-27-13-20-38(57)46(65)55-25-11-18-36(55)42(61)52-32(15-6-8-22-48)40(59)50-30(3)14-5-7-21-47/h29-38,49H,5-28,47-48H2,1-4H3,(H,50,59)(H,51,60)(H,52,61)(H,53,58)/p+2/t30-,31+,32+,33+,34+,35+,36+,37+,38+/m1/s1. The molecule has 0 radical (unpaired) electrons. The molecular formula is C46H81N11O8+2. The first kappa shape index (κ1) is 51.6. The summed E-state index contributed by atoms with van der Waals surface area (Å²) in [6, 6.07) is -6.12. The molecule has 0 aromatic heterocycles. The molecule has 19 heteroatoms. The van der Waals surface area contributed by atoms with Crippen LogP contribution in [0.3, 0.4) is 0 Å². The summed E-state index contributed by atoms with van der Waals surface area (Å²) in [5.74, 6) is -2.69. The molecule has 5 aliphatic heterocycles. The van der Waals surface area contributed by atoms with Crippen LogP contribution in [0.1, 0.15) is 137 Å². The van der Waals surface area contributed by atoms with E-state index in [0.29, 0.717) is 96.8 Å². The highest BCUT2D eigenvalue weighted by molar-refractivity contribution is 5.98. The molecule has 0 aromatic carbocycles. The van der Waals surface area contributed by atoms with Crippen LogP contribution in [0.25, 0.3) is 0 Å². The van der Waals surface area contributed by atoms with E-state index < -0.39 is 60.0 Å². The fourth-order valence-corrected chi connectivity index (χ4v) is 10.3. The molecule has 0 bridgehead atoms. The Morgan fingerprint density at radius 1 is 0.538 bits per heavy atom. The minimum absolute atomic E-state index is 0.00234. The van der Waals surface area contributed by atoms with Gasteiger partial charge in [0.05, 0.1) is 19.1 Å². The molecule has 0 aromatic rings. The number of likely N-dealkylation sites (tertiary alicyclic amines) is 4. The van der Waals surface area contributed by atoms with Crippen LogP contribution in [-0.4, -0.2) is 167 Å². The summed E-state index contributed by atoms with van der Waals surface area (Å²) in [5.41, 5.74) is 7.79. The lowest BCUT2D eigenvalue weighted by Gasteiger charge is -2.34. The number of hydrogen-bond donors (Lipinski definition) is 7. The zero-order valence-electron chi connectivity index (χ0n) is 39.7. The summed E-state index contributed by atoms with van der Waals surface area (Å²) in [4.78, 5) is 117. The second-order valence-electron chi connectivity index (χ2n) is 19.5. The normalized spacial score (nSPS) is 25.1. The monoisotopic (exact) mass is 916 g/mol. The Morgan fingerprint density at radius 2 is 1.05 bits per heavy atom. The molecule has 8 amide bonds. The van der Waals surface area contributed by atoms with E-state index in [2.05, 4.69) is 38.1 Å². The average molecular weight is 916 g/mol. The highest BCUT2D eigenvalue weighted by Crippen LogP contribution is 2.28. The first-order valence-corrected chi connectivity index (χ1v) is 24.9. The van der Waals surface area contributed by atoms with Crippen molar-refractivity contribution in [1.82, 2.24) is 46.2 Å². The molecule has 0 unspecified atom stereocenters. The van der Waals surface area contributed by atoms with Crippen molar-refractivity contribution < 1.29 is 49.8 Å². The van der Waals surface area contributed by atoms with Gasteiger partial charge in [-0.2, -0.15) is 0 Å². The van der Waals surface area contributed by atoms with E-state index in [4.69, 9.17) is 0 Å². The van der Waals surface area contributed by atoms with Gasteiger partial charge in [0.15, 0.2) is 0 Å². The van der Waals surface area contributed by atoms with Gasteiger partial charge in [0, 0.05) is 32.2 Å². The maximum absolute atomic E-state index is 14.4. The quantitative estimate of drug-likeness (QED) is 0.0626. The molecule has 5 fully saturated rings. The Balaban J connectivity index is 1.18. The second-order valence-corrected chi connectivity index (χ2v) is 19.5. The van der Waals surface area contributed by atoms with Gasteiger partial charge >= 0.3 is 0 Å². The van der Waals surface area contributed by atoms with E-state index in [-0.39, 0.29) is 47.5 Å². The van der Waals surface area contributed by atoms with E-state index >= 15 is 0 Å². The van der Waals surface area contributed by atoms with Crippen molar-refractivity contribution in [2.75, 3.05) is 45.8 Å². The summed E-state index contributed by atoms with van der Waals surface area (Å²) in [5, 5.41) is 14.9. The average Bonchev–Trinajstić information content (AvgIpc) is 4.14. The maximum Gasteiger partial charge on any atom is 0.246 e. The molecule has 0 aliphatic carbocycles. The van der Waals surface area contributed by atoms with Gasteiger partial charge in [0.1, 0.15) is 42.3 Å². The maximum atomic E-state index is 14.4. The Hall–Kier alpha value is -4.36. The molecule has 366 valence electrons. The third-order valence-corrected chi connectivity index (χ3v) is 13.9. The van der Waals surface area contributed by atoms with Crippen molar-refractivity contribution in [2.45, 2.75) is 191 Å². The fraction of sp³-hybridized carbons (Fsp3) is 0.826. The number of nitrogens with zero attached hydrogens (tertiary/aromatic N) is 4. The lowest BCUT2D eigenvalue weighted by atomic mass is 10.0. The van der Waals surface area contributed by atoms with Crippen LogP contribution in [0.15, 0.2) is 0 Å². The van der Waals surface area contributed by atoms with E-state index in [1.54, 1.807) is 21.6 Å². The van der Waals surface area contributed by atoms with Gasteiger partial charge in [0.2, 0.25) is 47.3 Å². The number of unbranched alkanes of at least 4 members (excludes halogenated alkanes) is 2. The summed E-state index contributed by atoms with van der Waals surface area (Å²) in [6.45, 7) is 11.2. The van der Waals surface area contributed by atoms with Gasteiger partial charge in [-0.1, -0.05) is 13.8 Å². The molecule has 5 aliphatic rings. The first-order chi connectivity index (χ1) is 31.2. The SMILES string of the molecule is CC(C)C[C@H](NC(=O)[C@H](C)NC(=O)[C@@H]1CCCN1C(=O)[C@@H]1CCCN1C(=O)[C@@H]1CCCN1)C(=O)N1CCC[C@H]1C(=O)N1CCC[C@H]1C(=O)N[C@@H](CCCC[NH3+])C(=O)N[C@H](C)CCCC[NH3+]. The van der Waals surface area contributed by atoms with Crippen molar-refractivity contribution in [2.24, 2.45) is 5.92 Å². The second kappa shape index (κ2) is 25.0. The van der Waals surface area contributed by atoms with Crippen molar-refractivity contribution in [3.05, 3.63) is 0 Å². The van der Waals surface area contributed by atoms with Crippen LogP contribution in [0.4, 0.5) is 0 Å². The van der Waals surface area contributed by atoms with E-state index in [1.807, 2.05) is 20.8 Å². The fourth-order valence-electron chi connectivity index (χ4n) is 10.3. The molecule has 65 heavy (non-hydrogen) atoms. The molecule has 5 rings (SSSR count). The predicted octanol–water partition coefficient (Wildman–Crippen LogP) is -1.45. The van der Waals surface area contributed by atoms with Crippen molar-refractivity contribution >= 4 is 47.3 Å². The zero-order valence-corrected chi connectivity index (χ0v) is 39.7. The lowest BCUT2D eigenvalue weighted by molar-refractivity contribution is -0.369. The van der Waals surface area contributed by atoms with Gasteiger partial charge in [-0.3, -0.25) is 38.4 Å². The van der Waals surface area contributed by atoms with Crippen molar-refractivity contribution in [3.8, 4) is 0 Å². The molecule has 9 atom stereocenters. The minimum Gasteiger partial charge on any atom is -0.358 e. The topological polar surface area (TPSA) is 265 Å². The van der Waals surface area contributed by atoms with E-state index in [0.717, 1.165) is 58.2 Å². The zero-order chi connectivity index (χ0) is 47.2. The number of quaternary nitrogens is 2. The van der Waals surface area contributed by atoms with Gasteiger partial charge in [0.25, 0.3) is 0 Å². The molecule has 5 saturated heterocycles. The van der Waals surface area contributed by atoms with E-state index in [1.165, 1.54) is 4.90 Å². The highest BCUT2D eigenvalue weighted by Gasteiger charge is 2.46. The van der Waals surface area contributed by atoms with Gasteiger partial charge < -0.3 is 57.7 Å². The molecule has 0 saturated carbocycles. The number of hydrogen-bond acceptors (Lipinski definition) is 9. The number of amides is 8. The lowest BCUT2D eigenvalue weighted by Crippen LogP contribution is -2.59. The summed E-state index contributed by atoms with van der Waals surface area (Å²) >= 11 is 0. The Kier molecular flexibility index (Phi) is 19.8. The Morgan fingerprint density at radius 3 is 1.58 bits per heavy atom. The summed E-state index contributed by atoms with van der Waals surface area (Å²) in [6.07, 6.45) is 11.0. The third kappa shape index (κ3) is 13.6. The van der Waals surface area contributed by atoms with Gasteiger partial charge in [-0.25, -0.2) is 0 Å². The van der Waals surface area contributed by atoms with Gasteiger partial charge in [-0.15, -0.1) is 0 Å². The predicted molar refractivity (Wildman–Crippen MR) is 242 cm³/mol. The number of carbonyl (C=O) groups is 8. The molecule has 5 heterocycles. The third-order valence-electron chi connectivity index (χ3n) is 13.9.